The minimum Gasteiger partial charge on any atom is -0.355 e. The van der Waals surface area contributed by atoms with E-state index in [1.807, 2.05) is 18.2 Å². The van der Waals surface area contributed by atoms with Crippen molar-refractivity contribution in [2.75, 3.05) is 12.4 Å². The second kappa shape index (κ2) is 6.57. The van der Waals surface area contributed by atoms with Crippen molar-refractivity contribution in [2.45, 2.75) is 19.8 Å². The van der Waals surface area contributed by atoms with Crippen molar-refractivity contribution in [2.24, 2.45) is 0 Å². The summed E-state index contributed by atoms with van der Waals surface area (Å²) in [4.78, 5) is 20.5. The molecule has 0 saturated heterocycles. The fraction of sp³-hybridized carbons (Fsp3) is 0.235. The lowest BCUT2D eigenvalue weighted by Crippen LogP contribution is -2.17. The van der Waals surface area contributed by atoms with Gasteiger partial charge in [0.15, 0.2) is 5.82 Å². The molecule has 0 aliphatic carbocycles. The molecule has 0 unspecified atom stereocenters. The Kier molecular flexibility index (Phi) is 4.33. The van der Waals surface area contributed by atoms with Gasteiger partial charge in [0, 0.05) is 13.2 Å². The number of hydrogen-bond acceptors (Lipinski definition) is 6. The number of carbonyl (C=O) groups excluding carboxylic acids is 1. The van der Waals surface area contributed by atoms with Gasteiger partial charge in [0.25, 0.3) is 5.91 Å². The molecule has 3 rings (SSSR count). The summed E-state index contributed by atoms with van der Waals surface area (Å²) in [6.07, 6.45) is 3.29. The zero-order chi connectivity index (χ0) is 17.1. The quantitative estimate of drug-likeness (QED) is 0.767. The van der Waals surface area contributed by atoms with E-state index in [1.54, 1.807) is 19.3 Å². The maximum Gasteiger partial charge on any atom is 0.252 e. The largest absolute Gasteiger partial charge is 0.355 e. The molecule has 3 aromatic heterocycles. The molecule has 24 heavy (non-hydrogen) atoms. The minimum atomic E-state index is -0.194. The van der Waals surface area contributed by atoms with Crippen LogP contribution in [0.3, 0.4) is 0 Å². The average Bonchev–Trinajstić information content (AvgIpc) is 2.60. The van der Waals surface area contributed by atoms with Gasteiger partial charge in [-0.25, -0.2) is 4.98 Å². The molecule has 0 fully saturated rings. The van der Waals surface area contributed by atoms with Crippen LogP contribution in [0.4, 0.5) is 11.6 Å². The van der Waals surface area contributed by atoms with Crippen LogP contribution in [0.15, 0.2) is 36.7 Å². The summed E-state index contributed by atoms with van der Waals surface area (Å²) in [5.74, 6) is 1.42. The van der Waals surface area contributed by atoms with Crippen LogP contribution in [0, 0.1) is 0 Å². The monoisotopic (exact) mass is 322 g/mol. The first-order valence-electron chi connectivity index (χ1n) is 7.65. The van der Waals surface area contributed by atoms with Crippen LogP contribution in [0.25, 0.3) is 11.0 Å². The Hall–Kier alpha value is -3.09. The number of rotatable bonds is 4. The Labute approximate surface area is 139 Å². The Morgan fingerprint density at radius 1 is 1.08 bits per heavy atom. The van der Waals surface area contributed by atoms with Gasteiger partial charge in [-0.2, -0.15) is 5.10 Å². The Morgan fingerprint density at radius 3 is 2.67 bits per heavy atom. The van der Waals surface area contributed by atoms with E-state index in [9.17, 15) is 4.79 Å². The average molecular weight is 322 g/mol. The molecule has 3 aromatic rings. The van der Waals surface area contributed by atoms with Gasteiger partial charge < -0.3 is 10.6 Å². The highest BCUT2D eigenvalue weighted by Gasteiger charge is 2.08. The summed E-state index contributed by atoms with van der Waals surface area (Å²) >= 11 is 0. The number of carbonyl (C=O) groups is 1. The van der Waals surface area contributed by atoms with E-state index in [4.69, 9.17) is 0 Å². The van der Waals surface area contributed by atoms with Gasteiger partial charge in [-0.15, -0.1) is 5.10 Å². The van der Waals surface area contributed by atoms with Gasteiger partial charge >= 0.3 is 0 Å². The van der Waals surface area contributed by atoms with Crippen molar-refractivity contribution < 1.29 is 4.79 Å². The molecule has 2 N–H and O–H groups in total. The van der Waals surface area contributed by atoms with E-state index in [0.717, 1.165) is 11.1 Å². The second-order valence-corrected chi connectivity index (χ2v) is 5.69. The summed E-state index contributed by atoms with van der Waals surface area (Å²) < 4.78 is 0. The molecule has 3 heterocycles. The number of pyridine rings is 2. The third kappa shape index (κ3) is 3.29. The lowest BCUT2D eigenvalue weighted by atomic mass is 10.1. The van der Waals surface area contributed by atoms with Gasteiger partial charge in [-0.3, -0.25) is 9.78 Å². The molecule has 0 aliphatic heterocycles. The molecule has 7 heteroatoms. The molecule has 0 saturated carbocycles. The van der Waals surface area contributed by atoms with Crippen LogP contribution < -0.4 is 10.6 Å². The van der Waals surface area contributed by atoms with Crippen molar-refractivity contribution in [3.63, 3.8) is 0 Å². The van der Waals surface area contributed by atoms with Gasteiger partial charge in [0.2, 0.25) is 0 Å². The number of amides is 1. The van der Waals surface area contributed by atoms with E-state index in [2.05, 4.69) is 44.6 Å². The lowest BCUT2D eigenvalue weighted by Gasteiger charge is -2.09. The molecule has 0 bridgehead atoms. The summed E-state index contributed by atoms with van der Waals surface area (Å²) in [7, 11) is 1.58. The maximum atomic E-state index is 11.7. The number of hydrogen-bond donors (Lipinski definition) is 2. The molecule has 0 spiro atoms. The predicted octanol–water partition coefficient (Wildman–Crippen LogP) is 2.65. The molecule has 0 atom stereocenters. The topological polar surface area (TPSA) is 92.7 Å². The van der Waals surface area contributed by atoms with Crippen LogP contribution in [0.5, 0.6) is 0 Å². The first kappa shape index (κ1) is 15.8. The van der Waals surface area contributed by atoms with Crippen molar-refractivity contribution in [1.82, 2.24) is 25.5 Å². The highest BCUT2D eigenvalue weighted by molar-refractivity contribution is 5.96. The van der Waals surface area contributed by atoms with Crippen molar-refractivity contribution >= 4 is 28.6 Å². The molecule has 1 amide bonds. The van der Waals surface area contributed by atoms with Gasteiger partial charge in [-0.1, -0.05) is 13.8 Å². The van der Waals surface area contributed by atoms with Crippen LogP contribution in [0.1, 0.15) is 35.7 Å². The number of anilines is 2. The third-order valence-corrected chi connectivity index (χ3v) is 3.63. The minimum absolute atomic E-state index is 0.194. The normalized spacial score (nSPS) is 10.8. The Bertz CT molecular complexity index is 893. The number of nitrogens with one attached hydrogen (secondary N) is 2. The summed E-state index contributed by atoms with van der Waals surface area (Å²) in [6.45, 7) is 4.20. The molecule has 122 valence electrons. The number of aromatic nitrogens is 4. The van der Waals surface area contributed by atoms with E-state index in [-0.39, 0.29) is 5.91 Å². The fourth-order valence-electron chi connectivity index (χ4n) is 2.23. The Morgan fingerprint density at radius 2 is 1.92 bits per heavy atom. The molecule has 0 radical (unpaired) electrons. The van der Waals surface area contributed by atoms with Crippen molar-refractivity contribution in [3.8, 4) is 0 Å². The third-order valence-electron chi connectivity index (χ3n) is 3.63. The number of fused-ring (bicyclic) bond motifs is 1. The molecule has 7 nitrogen and oxygen atoms in total. The van der Waals surface area contributed by atoms with Crippen molar-refractivity contribution in [3.05, 3.63) is 47.8 Å². The van der Waals surface area contributed by atoms with Crippen LogP contribution in [0.2, 0.25) is 0 Å². The van der Waals surface area contributed by atoms with Crippen LogP contribution in [-0.2, 0) is 0 Å². The predicted molar refractivity (Wildman–Crippen MR) is 92.3 cm³/mol. The summed E-state index contributed by atoms with van der Waals surface area (Å²) in [5, 5.41) is 13.8. The van der Waals surface area contributed by atoms with Gasteiger partial charge in [-0.05, 0) is 35.7 Å². The van der Waals surface area contributed by atoms with Gasteiger partial charge in [0.1, 0.15) is 5.82 Å². The molecule has 0 aliphatic rings. The first-order valence-corrected chi connectivity index (χ1v) is 7.65. The second-order valence-electron chi connectivity index (χ2n) is 5.69. The van der Waals surface area contributed by atoms with Crippen molar-refractivity contribution in [1.29, 1.82) is 0 Å². The SMILES string of the molecule is CNC(=O)c1cnc2ccc(Nc3cc(C(C)C)cnn3)nc2c1. The lowest BCUT2D eigenvalue weighted by molar-refractivity contribution is 0.0963. The maximum absolute atomic E-state index is 11.7. The zero-order valence-electron chi connectivity index (χ0n) is 13.7. The highest BCUT2D eigenvalue weighted by Crippen LogP contribution is 2.20. The van der Waals surface area contributed by atoms with Crippen LogP contribution in [-0.4, -0.2) is 33.1 Å². The van der Waals surface area contributed by atoms with Gasteiger partial charge in [0.05, 0.1) is 22.8 Å². The zero-order valence-corrected chi connectivity index (χ0v) is 13.7. The Balaban J connectivity index is 1.92. The molecule has 0 aromatic carbocycles. The smallest absolute Gasteiger partial charge is 0.252 e. The summed E-state index contributed by atoms with van der Waals surface area (Å²) in [5.41, 5.74) is 2.91. The molecular formula is C17H18N6O. The number of nitrogens with zero attached hydrogens (tertiary/aromatic N) is 4. The fourth-order valence-corrected chi connectivity index (χ4v) is 2.23. The van der Waals surface area contributed by atoms with E-state index in [1.165, 1.54) is 6.20 Å². The van der Waals surface area contributed by atoms with E-state index < -0.39 is 0 Å². The first-order chi connectivity index (χ1) is 11.6. The van der Waals surface area contributed by atoms with Crippen LogP contribution >= 0.6 is 0 Å². The van der Waals surface area contributed by atoms with E-state index in [0.29, 0.717) is 28.6 Å². The highest BCUT2D eigenvalue weighted by atomic mass is 16.1. The molecular weight excluding hydrogens is 304 g/mol. The summed E-state index contributed by atoms with van der Waals surface area (Å²) in [6, 6.07) is 7.32. The van der Waals surface area contributed by atoms with E-state index >= 15 is 0 Å². The standard InChI is InChI=1S/C17H18N6O/c1-10(2)11-7-16(23-20-9-11)22-15-5-4-13-14(21-15)6-12(8-19-13)17(24)18-3/h4-10H,1-3H3,(H,18,24)(H,21,22,23).